The predicted octanol–water partition coefficient (Wildman–Crippen LogP) is 2.55. The van der Waals surface area contributed by atoms with Crippen LogP contribution in [-0.4, -0.2) is 43.2 Å². The summed E-state index contributed by atoms with van der Waals surface area (Å²) in [5.74, 6) is -0.708. The molecule has 1 aliphatic heterocycles. The summed E-state index contributed by atoms with van der Waals surface area (Å²) in [6, 6.07) is 4.96. The lowest BCUT2D eigenvalue weighted by Crippen LogP contribution is -2.43. The summed E-state index contributed by atoms with van der Waals surface area (Å²) in [7, 11) is -3.82. The van der Waals surface area contributed by atoms with Gasteiger partial charge in [-0.1, -0.05) is 11.6 Å². The zero-order valence-corrected chi connectivity index (χ0v) is 15.3. The van der Waals surface area contributed by atoms with Crippen molar-refractivity contribution in [2.45, 2.75) is 55.6 Å². The molecule has 2 aliphatic rings. The maximum Gasteiger partial charge on any atom is 0.325 e. The summed E-state index contributed by atoms with van der Waals surface area (Å²) < 4.78 is 32.2. The van der Waals surface area contributed by atoms with E-state index < -0.39 is 28.1 Å². The Labute approximate surface area is 152 Å². The first-order valence-corrected chi connectivity index (χ1v) is 10.2. The normalized spacial score (nSPS) is 25.1. The second-order valence-electron chi connectivity index (χ2n) is 6.37. The van der Waals surface area contributed by atoms with E-state index in [0.29, 0.717) is 30.7 Å². The van der Waals surface area contributed by atoms with Crippen LogP contribution >= 0.6 is 11.6 Å². The molecule has 1 aliphatic carbocycles. The van der Waals surface area contributed by atoms with E-state index in [1.165, 1.54) is 28.6 Å². The monoisotopic (exact) mass is 385 g/mol. The lowest BCUT2D eigenvalue weighted by Gasteiger charge is -2.26. The number of benzene rings is 1. The molecule has 0 amide bonds. The molecule has 8 heteroatoms. The Morgan fingerprint density at radius 3 is 2.52 bits per heavy atom. The maximum absolute atomic E-state index is 12.8. The lowest BCUT2D eigenvalue weighted by molar-refractivity contribution is -0.159. The Bertz CT molecular complexity index is 762. The smallest absolute Gasteiger partial charge is 0.325 e. The Kier molecular flexibility index (Phi) is 5.46. The van der Waals surface area contributed by atoms with Crippen molar-refractivity contribution in [3.05, 3.63) is 29.3 Å². The highest BCUT2D eigenvalue weighted by Gasteiger charge is 2.41. The van der Waals surface area contributed by atoms with Crippen LogP contribution in [0.25, 0.3) is 0 Å². The van der Waals surface area contributed by atoms with Gasteiger partial charge >= 0.3 is 5.97 Å². The molecule has 0 bridgehead atoms. The van der Waals surface area contributed by atoms with E-state index in [-0.39, 0.29) is 17.2 Å². The molecule has 0 radical (unpaired) electrons. The standard InChI is InChI=1S/C17H20ClNO5S/c18-12-7-9-13(10-8-12)25(22,23)19-11-3-4-14(19)17(21)24-16-6-2-1-5-15(16)20/h7-10,14,16H,1-6,11H2/t14-,16-/m0/s1. The van der Waals surface area contributed by atoms with Crippen molar-refractivity contribution in [2.24, 2.45) is 0 Å². The number of ketones is 1. The minimum absolute atomic E-state index is 0.0790. The summed E-state index contributed by atoms with van der Waals surface area (Å²) >= 11 is 5.81. The topological polar surface area (TPSA) is 80.8 Å². The number of hydrogen-bond donors (Lipinski definition) is 0. The van der Waals surface area contributed by atoms with Gasteiger partial charge in [0.2, 0.25) is 10.0 Å². The zero-order valence-electron chi connectivity index (χ0n) is 13.7. The Morgan fingerprint density at radius 1 is 1.12 bits per heavy atom. The third kappa shape index (κ3) is 3.88. The Balaban J connectivity index is 1.76. The number of Topliss-reactive ketones (excluding diaryl/α,β-unsaturated/α-hetero) is 1. The van der Waals surface area contributed by atoms with E-state index in [1.54, 1.807) is 0 Å². The number of rotatable bonds is 4. The van der Waals surface area contributed by atoms with Gasteiger partial charge in [0.15, 0.2) is 11.9 Å². The molecule has 1 aromatic rings. The van der Waals surface area contributed by atoms with Crippen LogP contribution in [0.2, 0.25) is 5.02 Å². The molecule has 1 heterocycles. The number of halogens is 1. The molecule has 6 nitrogen and oxygen atoms in total. The van der Waals surface area contributed by atoms with Gasteiger partial charge in [0.05, 0.1) is 4.90 Å². The van der Waals surface area contributed by atoms with Crippen molar-refractivity contribution < 1.29 is 22.7 Å². The minimum atomic E-state index is -3.82. The number of nitrogens with zero attached hydrogens (tertiary/aromatic N) is 1. The first kappa shape index (κ1) is 18.4. The van der Waals surface area contributed by atoms with Gasteiger partial charge in [-0.3, -0.25) is 9.59 Å². The first-order chi connectivity index (χ1) is 11.9. The maximum atomic E-state index is 12.8. The van der Waals surface area contributed by atoms with Crippen LogP contribution in [0.5, 0.6) is 0 Å². The third-order valence-electron chi connectivity index (χ3n) is 4.65. The van der Waals surface area contributed by atoms with E-state index in [0.717, 1.165) is 12.8 Å². The van der Waals surface area contributed by atoms with E-state index in [4.69, 9.17) is 16.3 Å². The van der Waals surface area contributed by atoms with Gasteiger partial charge in [-0.25, -0.2) is 8.42 Å². The molecule has 136 valence electrons. The van der Waals surface area contributed by atoms with Gasteiger partial charge in [-0.2, -0.15) is 4.31 Å². The molecular weight excluding hydrogens is 366 g/mol. The molecule has 1 saturated carbocycles. The summed E-state index contributed by atoms with van der Waals surface area (Å²) in [5, 5.41) is 0.437. The Morgan fingerprint density at radius 2 is 1.84 bits per heavy atom. The van der Waals surface area contributed by atoms with Crippen LogP contribution in [0, 0.1) is 0 Å². The summed E-state index contributed by atoms with van der Waals surface area (Å²) in [6.45, 7) is 0.253. The molecule has 25 heavy (non-hydrogen) atoms. The summed E-state index contributed by atoms with van der Waals surface area (Å²) in [5.41, 5.74) is 0. The molecule has 0 unspecified atom stereocenters. The van der Waals surface area contributed by atoms with Gasteiger partial charge in [0.25, 0.3) is 0 Å². The van der Waals surface area contributed by atoms with Gasteiger partial charge in [0, 0.05) is 18.0 Å². The van der Waals surface area contributed by atoms with E-state index in [2.05, 4.69) is 0 Å². The summed E-state index contributed by atoms with van der Waals surface area (Å²) in [4.78, 5) is 24.4. The third-order valence-corrected chi connectivity index (χ3v) is 6.83. The molecule has 2 fully saturated rings. The number of ether oxygens (including phenoxy) is 1. The van der Waals surface area contributed by atoms with Crippen LogP contribution in [0.15, 0.2) is 29.2 Å². The number of carbonyl (C=O) groups excluding carboxylic acids is 2. The van der Waals surface area contributed by atoms with Gasteiger partial charge in [-0.15, -0.1) is 0 Å². The van der Waals surface area contributed by atoms with E-state index >= 15 is 0 Å². The fourth-order valence-corrected chi connectivity index (χ4v) is 5.07. The zero-order chi connectivity index (χ0) is 18.0. The van der Waals surface area contributed by atoms with E-state index in [9.17, 15) is 18.0 Å². The fraction of sp³-hybridized carbons (Fsp3) is 0.529. The van der Waals surface area contributed by atoms with Gasteiger partial charge < -0.3 is 4.74 Å². The first-order valence-electron chi connectivity index (χ1n) is 8.40. The highest BCUT2D eigenvalue weighted by Crippen LogP contribution is 2.28. The molecule has 0 aromatic heterocycles. The molecule has 0 N–H and O–H groups in total. The second kappa shape index (κ2) is 7.43. The average molecular weight is 386 g/mol. The average Bonchev–Trinajstić information content (AvgIpc) is 3.08. The highest BCUT2D eigenvalue weighted by atomic mass is 35.5. The van der Waals surface area contributed by atoms with Crippen molar-refractivity contribution in [1.82, 2.24) is 4.31 Å². The largest absolute Gasteiger partial charge is 0.453 e. The van der Waals surface area contributed by atoms with Crippen molar-refractivity contribution in [1.29, 1.82) is 0 Å². The molecule has 1 saturated heterocycles. The van der Waals surface area contributed by atoms with Crippen LogP contribution in [0.3, 0.4) is 0 Å². The number of carbonyl (C=O) groups is 2. The van der Waals surface area contributed by atoms with Crippen molar-refractivity contribution in [3.8, 4) is 0 Å². The van der Waals surface area contributed by atoms with Crippen LogP contribution < -0.4 is 0 Å². The van der Waals surface area contributed by atoms with Crippen LogP contribution in [0.4, 0.5) is 0 Å². The molecule has 0 spiro atoms. The molecule has 3 rings (SSSR count). The quantitative estimate of drug-likeness (QED) is 0.744. The van der Waals surface area contributed by atoms with Crippen molar-refractivity contribution in [2.75, 3.05) is 6.54 Å². The molecule has 1 aromatic carbocycles. The highest BCUT2D eigenvalue weighted by molar-refractivity contribution is 7.89. The van der Waals surface area contributed by atoms with Crippen LogP contribution in [-0.2, 0) is 24.3 Å². The lowest BCUT2D eigenvalue weighted by atomic mass is 9.96. The van der Waals surface area contributed by atoms with E-state index in [1.807, 2.05) is 0 Å². The number of hydrogen-bond acceptors (Lipinski definition) is 5. The SMILES string of the molecule is O=C1CCCC[C@@H]1OC(=O)[C@@H]1CCCN1S(=O)(=O)c1ccc(Cl)cc1. The molecular formula is C17H20ClNO5S. The second-order valence-corrected chi connectivity index (χ2v) is 8.69. The molecule has 2 atom stereocenters. The number of esters is 1. The van der Waals surface area contributed by atoms with Crippen molar-refractivity contribution in [3.63, 3.8) is 0 Å². The van der Waals surface area contributed by atoms with Crippen LogP contribution in [0.1, 0.15) is 38.5 Å². The summed E-state index contributed by atoms with van der Waals surface area (Å²) in [6.07, 6.45) is 2.81. The number of sulfonamides is 1. The Hall–Kier alpha value is -1.44. The fourth-order valence-electron chi connectivity index (χ4n) is 3.30. The van der Waals surface area contributed by atoms with Crippen molar-refractivity contribution >= 4 is 33.4 Å². The van der Waals surface area contributed by atoms with Gasteiger partial charge in [0.1, 0.15) is 6.04 Å². The predicted molar refractivity (Wildman–Crippen MR) is 91.7 cm³/mol. The minimum Gasteiger partial charge on any atom is -0.453 e. The van der Waals surface area contributed by atoms with Gasteiger partial charge in [-0.05, 0) is 56.4 Å².